The summed E-state index contributed by atoms with van der Waals surface area (Å²) >= 11 is 0. The van der Waals surface area contributed by atoms with Gasteiger partial charge in [-0.25, -0.2) is 0 Å². The lowest BCUT2D eigenvalue weighted by atomic mass is 9.80. The van der Waals surface area contributed by atoms with Gasteiger partial charge in [0, 0.05) is 6.54 Å². The summed E-state index contributed by atoms with van der Waals surface area (Å²) in [6, 6.07) is 0. The third kappa shape index (κ3) is 2.71. The zero-order valence-electron chi connectivity index (χ0n) is 9.24. The number of hydrogen-bond donors (Lipinski definition) is 2. The quantitative estimate of drug-likeness (QED) is 0.749. The van der Waals surface area contributed by atoms with Crippen molar-refractivity contribution in [2.75, 3.05) is 13.1 Å². The first-order chi connectivity index (χ1) is 7.27. The van der Waals surface area contributed by atoms with Crippen molar-refractivity contribution in [3.05, 3.63) is 0 Å². The molecule has 0 aromatic rings. The van der Waals surface area contributed by atoms with Gasteiger partial charge in [0.2, 0.25) is 0 Å². The van der Waals surface area contributed by atoms with Gasteiger partial charge < -0.3 is 10.4 Å². The summed E-state index contributed by atoms with van der Waals surface area (Å²) in [5.74, 6) is 0.434. The molecule has 2 unspecified atom stereocenters. The van der Waals surface area contributed by atoms with Gasteiger partial charge in [-0.15, -0.1) is 0 Å². The highest BCUT2D eigenvalue weighted by Gasteiger charge is 2.34. The average Bonchev–Trinajstić information content (AvgIpc) is 2.67. The number of nitrogens with one attached hydrogen (secondary N) is 1. The summed E-state index contributed by atoms with van der Waals surface area (Å²) in [6.07, 6.45) is 7.85. The molecule has 2 rings (SSSR count). The van der Waals surface area contributed by atoms with E-state index in [2.05, 4.69) is 5.32 Å². The Morgan fingerprint density at radius 1 is 1.20 bits per heavy atom. The smallest absolute Gasteiger partial charge is 0.308 e. The van der Waals surface area contributed by atoms with Crippen LogP contribution in [0, 0.1) is 17.8 Å². The lowest BCUT2D eigenvalue weighted by Gasteiger charge is -2.25. The lowest BCUT2D eigenvalue weighted by Crippen LogP contribution is -2.24. The van der Waals surface area contributed by atoms with E-state index in [-0.39, 0.29) is 5.92 Å². The highest BCUT2D eigenvalue weighted by molar-refractivity contribution is 5.71. The topological polar surface area (TPSA) is 49.3 Å². The van der Waals surface area contributed by atoms with E-state index in [0.29, 0.717) is 12.5 Å². The Morgan fingerprint density at radius 3 is 2.60 bits per heavy atom. The SMILES string of the molecule is O=C(O)C1CNCC1CC1CCCCC1. The molecule has 2 aliphatic rings. The van der Waals surface area contributed by atoms with Crippen molar-refractivity contribution in [3.63, 3.8) is 0 Å². The van der Waals surface area contributed by atoms with Crippen molar-refractivity contribution in [1.82, 2.24) is 5.32 Å². The molecule has 1 aliphatic heterocycles. The van der Waals surface area contributed by atoms with Crippen LogP contribution in [0.5, 0.6) is 0 Å². The van der Waals surface area contributed by atoms with Crippen LogP contribution in [-0.4, -0.2) is 24.2 Å². The molecule has 0 aromatic carbocycles. The van der Waals surface area contributed by atoms with Gasteiger partial charge in [-0.2, -0.15) is 0 Å². The van der Waals surface area contributed by atoms with E-state index in [4.69, 9.17) is 5.11 Å². The first-order valence-corrected chi connectivity index (χ1v) is 6.21. The maximum Gasteiger partial charge on any atom is 0.308 e. The lowest BCUT2D eigenvalue weighted by molar-refractivity contribution is -0.142. The predicted octanol–water partition coefficient (Wildman–Crippen LogP) is 1.88. The molecule has 15 heavy (non-hydrogen) atoms. The van der Waals surface area contributed by atoms with E-state index in [9.17, 15) is 4.79 Å². The molecule has 0 amide bonds. The second kappa shape index (κ2) is 4.97. The molecule has 2 N–H and O–H groups in total. The van der Waals surface area contributed by atoms with Crippen LogP contribution in [-0.2, 0) is 4.79 Å². The molecule has 3 heteroatoms. The minimum Gasteiger partial charge on any atom is -0.481 e. The van der Waals surface area contributed by atoms with E-state index >= 15 is 0 Å². The zero-order chi connectivity index (χ0) is 10.7. The highest BCUT2D eigenvalue weighted by atomic mass is 16.4. The van der Waals surface area contributed by atoms with Gasteiger partial charge in [0.05, 0.1) is 5.92 Å². The highest BCUT2D eigenvalue weighted by Crippen LogP contribution is 2.32. The van der Waals surface area contributed by atoms with Crippen molar-refractivity contribution in [1.29, 1.82) is 0 Å². The van der Waals surface area contributed by atoms with Crippen LogP contribution in [0.1, 0.15) is 38.5 Å². The normalized spacial score (nSPS) is 33.1. The van der Waals surface area contributed by atoms with Crippen LogP contribution in [0.4, 0.5) is 0 Å². The summed E-state index contributed by atoms with van der Waals surface area (Å²) in [6.45, 7) is 1.58. The van der Waals surface area contributed by atoms with E-state index in [1.54, 1.807) is 0 Å². The summed E-state index contributed by atoms with van der Waals surface area (Å²) in [5, 5.41) is 12.3. The van der Waals surface area contributed by atoms with Gasteiger partial charge >= 0.3 is 5.97 Å². The molecular weight excluding hydrogens is 190 g/mol. The van der Waals surface area contributed by atoms with E-state index in [1.165, 1.54) is 32.1 Å². The molecule has 1 heterocycles. The van der Waals surface area contributed by atoms with Crippen LogP contribution >= 0.6 is 0 Å². The summed E-state index contributed by atoms with van der Waals surface area (Å²) in [4.78, 5) is 11.0. The predicted molar refractivity (Wildman–Crippen MR) is 58.7 cm³/mol. The van der Waals surface area contributed by atoms with Crippen molar-refractivity contribution in [2.45, 2.75) is 38.5 Å². The fourth-order valence-corrected chi connectivity index (χ4v) is 3.12. The molecule has 1 saturated heterocycles. The standard InChI is InChI=1S/C12H21NO2/c14-12(15)11-8-13-7-10(11)6-9-4-2-1-3-5-9/h9-11,13H,1-8H2,(H,14,15). The molecule has 3 nitrogen and oxygen atoms in total. The molecule has 0 aromatic heterocycles. The van der Waals surface area contributed by atoms with Crippen LogP contribution in [0.3, 0.4) is 0 Å². The van der Waals surface area contributed by atoms with Gasteiger partial charge in [0.15, 0.2) is 0 Å². The first-order valence-electron chi connectivity index (χ1n) is 6.21. The Bertz CT molecular complexity index is 224. The summed E-state index contributed by atoms with van der Waals surface area (Å²) in [5.41, 5.74) is 0. The van der Waals surface area contributed by atoms with Crippen LogP contribution < -0.4 is 5.32 Å². The molecular formula is C12H21NO2. The maximum absolute atomic E-state index is 11.0. The largest absolute Gasteiger partial charge is 0.481 e. The molecule has 2 fully saturated rings. The molecule has 86 valence electrons. The van der Waals surface area contributed by atoms with Crippen LogP contribution in [0.15, 0.2) is 0 Å². The Morgan fingerprint density at radius 2 is 1.93 bits per heavy atom. The number of carbonyl (C=O) groups is 1. The second-order valence-electron chi connectivity index (χ2n) is 5.10. The molecule has 1 aliphatic carbocycles. The average molecular weight is 211 g/mol. The Balaban J connectivity index is 1.84. The molecule has 0 bridgehead atoms. The van der Waals surface area contributed by atoms with Crippen molar-refractivity contribution >= 4 is 5.97 Å². The molecule has 2 atom stereocenters. The second-order valence-corrected chi connectivity index (χ2v) is 5.10. The van der Waals surface area contributed by atoms with E-state index in [0.717, 1.165) is 18.9 Å². The monoisotopic (exact) mass is 211 g/mol. The van der Waals surface area contributed by atoms with Crippen molar-refractivity contribution in [2.24, 2.45) is 17.8 Å². The van der Waals surface area contributed by atoms with Gasteiger partial charge in [-0.05, 0) is 24.8 Å². The van der Waals surface area contributed by atoms with E-state index in [1.807, 2.05) is 0 Å². The van der Waals surface area contributed by atoms with Gasteiger partial charge in [-0.3, -0.25) is 4.79 Å². The fourth-order valence-electron chi connectivity index (χ4n) is 3.12. The van der Waals surface area contributed by atoms with Crippen LogP contribution in [0.25, 0.3) is 0 Å². The first kappa shape index (κ1) is 10.9. The maximum atomic E-state index is 11.0. The molecule has 0 spiro atoms. The van der Waals surface area contributed by atoms with Gasteiger partial charge in [-0.1, -0.05) is 32.1 Å². The zero-order valence-corrected chi connectivity index (χ0v) is 9.24. The molecule has 1 saturated carbocycles. The fraction of sp³-hybridized carbons (Fsp3) is 0.917. The minimum atomic E-state index is -0.610. The number of carboxylic acids is 1. The number of rotatable bonds is 3. The molecule has 0 radical (unpaired) electrons. The number of carboxylic acid groups (broad SMARTS) is 1. The van der Waals surface area contributed by atoms with Crippen molar-refractivity contribution < 1.29 is 9.90 Å². The van der Waals surface area contributed by atoms with Gasteiger partial charge in [0.25, 0.3) is 0 Å². The Hall–Kier alpha value is -0.570. The van der Waals surface area contributed by atoms with Crippen molar-refractivity contribution in [3.8, 4) is 0 Å². The summed E-state index contributed by atoms with van der Waals surface area (Å²) in [7, 11) is 0. The number of aliphatic carboxylic acids is 1. The minimum absolute atomic E-state index is 0.132. The number of hydrogen-bond acceptors (Lipinski definition) is 2. The van der Waals surface area contributed by atoms with Crippen LogP contribution in [0.2, 0.25) is 0 Å². The Kier molecular flexibility index (Phi) is 3.62. The van der Waals surface area contributed by atoms with E-state index < -0.39 is 5.97 Å². The third-order valence-electron chi connectivity index (χ3n) is 4.02. The third-order valence-corrected chi connectivity index (χ3v) is 4.02. The summed E-state index contributed by atoms with van der Waals surface area (Å²) < 4.78 is 0. The Labute approximate surface area is 91.2 Å². The van der Waals surface area contributed by atoms with Gasteiger partial charge in [0.1, 0.15) is 0 Å².